The van der Waals surface area contributed by atoms with Crippen LogP contribution in [0.1, 0.15) is 58.8 Å². The molecule has 1 aromatic heterocycles. The molecular weight excluding hydrogens is 266 g/mol. The highest BCUT2D eigenvalue weighted by Crippen LogP contribution is 2.38. The molecule has 0 aromatic carbocycles. The van der Waals surface area contributed by atoms with Crippen LogP contribution in [0, 0.1) is 5.41 Å². The maximum Gasteiger partial charge on any atom is 0.0702 e. The third-order valence-electron chi connectivity index (χ3n) is 3.32. The van der Waals surface area contributed by atoms with E-state index in [0.717, 1.165) is 16.6 Å². The van der Waals surface area contributed by atoms with Crippen molar-refractivity contribution >= 4 is 15.9 Å². The molecule has 0 saturated carbocycles. The number of nitrogens with zero attached hydrogens (tertiary/aromatic N) is 2. The van der Waals surface area contributed by atoms with Gasteiger partial charge in [0.1, 0.15) is 0 Å². The first kappa shape index (κ1) is 13.7. The van der Waals surface area contributed by atoms with Gasteiger partial charge in [0.05, 0.1) is 22.4 Å². The molecule has 0 aliphatic carbocycles. The Bertz CT molecular complexity index is 355. The van der Waals surface area contributed by atoms with E-state index in [4.69, 9.17) is 5.73 Å². The largest absolute Gasteiger partial charge is 0.322 e. The average molecular weight is 288 g/mol. The monoisotopic (exact) mass is 287 g/mol. The summed E-state index contributed by atoms with van der Waals surface area (Å²) in [5.74, 6) is 0. The molecule has 4 heteroatoms. The van der Waals surface area contributed by atoms with E-state index in [9.17, 15) is 0 Å². The SMILES string of the molecule is CCC(C)(C)C(N)c1c(Br)cnn1C(C)C. The van der Waals surface area contributed by atoms with E-state index in [2.05, 4.69) is 55.6 Å². The molecule has 1 aromatic rings. The van der Waals surface area contributed by atoms with Crippen LogP contribution in [0.4, 0.5) is 0 Å². The summed E-state index contributed by atoms with van der Waals surface area (Å²) in [6.45, 7) is 10.8. The summed E-state index contributed by atoms with van der Waals surface area (Å²) in [7, 11) is 0. The van der Waals surface area contributed by atoms with Crippen LogP contribution in [-0.4, -0.2) is 9.78 Å². The summed E-state index contributed by atoms with van der Waals surface area (Å²) in [6.07, 6.45) is 2.88. The van der Waals surface area contributed by atoms with Crippen LogP contribution >= 0.6 is 15.9 Å². The van der Waals surface area contributed by atoms with Crippen LogP contribution < -0.4 is 5.73 Å². The number of hydrogen-bond donors (Lipinski definition) is 1. The summed E-state index contributed by atoms with van der Waals surface area (Å²) in [4.78, 5) is 0. The molecule has 0 aliphatic heterocycles. The summed E-state index contributed by atoms with van der Waals surface area (Å²) in [5.41, 5.74) is 7.55. The second kappa shape index (κ2) is 4.88. The van der Waals surface area contributed by atoms with Crippen molar-refractivity contribution < 1.29 is 0 Å². The molecule has 0 amide bonds. The minimum absolute atomic E-state index is 0.00299. The van der Waals surface area contributed by atoms with Gasteiger partial charge in [-0.05, 0) is 41.6 Å². The summed E-state index contributed by atoms with van der Waals surface area (Å²) < 4.78 is 3.02. The zero-order valence-electron chi connectivity index (χ0n) is 10.8. The topological polar surface area (TPSA) is 43.8 Å². The normalized spacial score (nSPS) is 14.5. The smallest absolute Gasteiger partial charge is 0.0702 e. The van der Waals surface area contributed by atoms with Crippen molar-refractivity contribution in [3.63, 3.8) is 0 Å². The zero-order chi connectivity index (χ0) is 12.5. The zero-order valence-corrected chi connectivity index (χ0v) is 12.4. The Kier molecular flexibility index (Phi) is 4.18. The van der Waals surface area contributed by atoms with Crippen molar-refractivity contribution in [1.82, 2.24) is 9.78 Å². The van der Waals surface area contributed by atoms with Crippen LogP contribution in [0.2, 0.25) is 0 Å². The van der Waals surface area contributed by atoms with Gasteiger partial charge in [0.25, 0.3) is 0 Å². The molecule has 0 aliphatic rings. The first-order valence-electron chi connectivity index (χ1n) is 5.79. The Balaban J connectivity index is 3.17. The summed E-state index contributed by atoms with van der Waals surface area (Å²) >= 11 is 3.54. The molecule has 0 spiro atoms. The molecule has 1 heterocycles. The molecule has 1 rings (SSSR count). The van der Waals surface area contributed by atoms with E-state index >= 15 is 0 Å². The Morgan fingerprint density at radius 3 is 2.50 bits per heavy atom. The lowest BCUT2D eigenvalue weighted by Gasteiger charge is -2.31. The molecule has 2 N–H and O–H groups in total. The van der Waals surface area contributed by atoms with E-state index in [1.807, 2.05) is 10.9 Å². The van der Waals surface area contributed by atoms with Gasteiger partial charge in [0.15, 0.2) is 0 Å². The first-order valence-corrected chi connectivity index (χ1v) is 6.59. The molecule has 92 valence electrons. The molecule has 1 atom stereocenters. The number of aromatic nitrogens is 2. The van der Waals surface area contributed by atoms with E-state index in [-0.39, 0.29) is 11.5 Å². The third kappa shape index (κ3) is 2.48. The highest BCUT2D eigenvalue weighted by Gasteiger charge is 2.30. The fraction of sp³-hybridized carbons (Fsp3) is 0.750. The number of rotatable bonds is 4. The van der Waals surface area contributed by atoms with E-state index in [1.54, 1.807) is 0 Å². The lowest BCUT2D eigenvalue weighted by Crippen LogP contribution is -2.31. The van der Waals surface area contributed by atoms with Gasteiger partial charge in [-0.3, -0.25) is 4.68 Å². The first-order chi connectivity index (χ1) is 7.31. The minimum Gasteiger partial charge on any atom is -0.322 e. The van der Waals surface area contributed by atoms with Gasteiger partial charge in [0, 0.05) is 6.04 Å². The molecular formula is C12H22BrN3. The molecule has 1 unspecified atom stereocenters. The maximum atomic E-state index is 6.38. The van der Waals surface area contributed by atoms with Crippen LogP contribution in [0.25, 0.3) is 0 Å². The lowest BCUT2D eigenvalue weighted by molar-refractivity contribution is 0.262. The van der Waals surface area contributed by atoms with E-state index in [0.29, 0.717) is 6.04 Å². The molecule has 0 bridgehead atoms. The van der Waals surface area contributed by atoms with Gasteiger partial charge >= 0.3 is 0 Å². The van der Waals surface area contributed by atoms with Crippen LogP contribution in [0.15, 0.2) is 10.7 Å². The number of halogens is 1. The quantitative estimate of drug-likeness (QED) is 0.918. The van der Waals surface area contributed by atoms with Crippen molar-refractivity contribution in [3.8, 4) is 0 Å². The van der Waals surface area contributed by atoms with Gasteiger partial charge in [-0.25, -0.2) is 0 Å². The molecule has 0 radical (unpaired) electrons. The van der Waals surface area contributed by atoms with Crippen LogP contribution in [-0.2, 0) is 0 Å². The van der Waals surface area contributed by atoms with Crippen molar-refractivity contribution in [2.45, 2.75) is 53.1 Å². The Morgan fingerprint density at radius 2 is 2.06 bits per heavy atom. The van der Waals surface area contributed by atoms with E-state index in [1.165, 1.54) is 0 Å². The van der Waals surface area contributed by atoms with Gasteiger partial charge < -0.3 is 5.73 Å². The van der Waals surface area contributed by atoms with Crippen molar-refractivity contribution in [3.05, 3.63) is 16.4 Å². The molecule has 0 fully saturated rings. The minimum atomic E-state index is -0.00299. The molecule has 0 saturated heterocycles. The standard InChI is InChI=1S/C12H22BrN3/c1-6-12(4,5)11(14)10-9(13)7-15-16(10)8(2)3/h7-8,11H,6,14H2,1-5H3. The Labute approximate surface area is 107 Å². The highest BCUT2D eigenvalue weighted by atomic mass is 79.9. The molecule has 16 heavy (non-hydrogen) atoms. The fourth-order valence-electron chi connectivity index (χ4n) is 1.64. The number of hydrogen-bond acceptors (Lipinski definition) is 2. The van der Waals surface area contributed by atoms with Crippen LogP contribution in [0.3, 0.4) is 0 Å². The lowest BCUT2D eigenvalue weighted by atomic mass is 9.80. The van der Waals surface area contributed by atoms with E-state index < -0.39 is 0 Å². The fourth-order valence-corrected chi connectivity index (χ4v) is 2.16. The summed E-state index contributed by atoms with van der Waals surface area (Å²) in [5, 5.41) is 4.37. The second-order valence-electron chi connectivity index (χ2n) is 5.24. The Morgan fingerprint density at radius 1 is 1.50 bits per heavy atom. The predicted molar refractivity (Wildman–Crippen MR) is 71.3 cm³/mol. The van der Waals surface area contributed by atoms with Gasteiger partial charge in [-0.15, -0.1) is 0 Å². The second-order valence-corrected chi connectivity index (χ2v) is 6.09. The van der Waals surface area contributed by atoms with Crippen molar-refractivity contribution in [2.75, 3.05) is 0 Å². The highest BCUT2D eigenvalue weighted by molar-refractivity contribution is 9.10. The van der Waals surface area contributed by atoms with Crippen molar-refractivity contribution in [2.24, 2.45) is 11.1 Å². The third-order valence-corrected chi connectivity index (χ3v) is 3.93. The Hall–Kier alpha value is -0.350. The van der Waals surface area contributed by atoms with Crippen molar-refractivity contribution in [1.29, 1.82) is 0 Å². The van der Waals surface area contributed by atoms with Gasteiger partial charge in [-0.2, -0.15) is 5.10 Å². The van der Waals surface area contributed by atoms with Crippen LogP contribution in [0.5, 0.6) is 0 Å². The molecule has 3 nitrogen and oxygen atoms in total. The van der Waals surface area contributed by atoms with Gasteiger partial charge in [0.2, 0.25) is 0 Å². The predicted octanol–water partition coefficient (Wildman–Crippen LogP) is 3.66. The summed E-state index contributed by atoms with van der Waals surface area (Å²) in [6, 6.07) is 0.330. The average Bonchev–Trinajstić information content (AvgIpc) is 2.59. The van der Waals surface area contributed by atoms with Gasteiger partial charge in [-0.1, -0.05) is 20.8 Å². The number of nitrogens with two attached hydrogens (primary N) is 1. The maximum absolute atomic E-state index is 6.38.